The number of alkyl halides is 3. The zero-order valence-electron chi connectivity index (χ0n) is 14.4. The number of aliphatic carboxylic acids is 1. The summed E-state index contributed by atoms with van der Waals surface area (Å²) in [6, 6.07) is 10.6. The largest absolute Gasteiger partial charge is 0.480 e. The molecular weight excluding hydrogens is 379 g/mol. The SMILES string of the molecule is O=C(O)C1CCCCN1C(c1cccc(Cl)c1)c1cccc(C(F)(F)F)c1. The maximum atomic E-state index is 13.2. The van der Waals surface area contributed by atoms with E-state index >= 15 is 0 Å². The molecule has 1 heterocycles. The zero-order valence-corrected chi connectivity index (χ0v) is 15.2. The van der Waals surface area contributed by atoms with Crippen molar-refractivity contribution in [3.05, 3.63) is 70.2 Å². The first-order chi connectivity index (χ1) is 12.8. The highest BCUT2D eigenvalue weighted by atomic mass is 35.5. The Kier molecular flexibility index (Phi) is 5.77. The molecule has 1 aliphatic rings. The Balaban J connectivity index is 2.12. The van der Waals surface area contributed by atoms with E-state index in [0.717, 1.165) is 25.0 Å². The number of piperidine rings is 1. The normalized spacial score (nSPS) is 19.6. The van der Waals surface area contributed by atoms with Crippen molar-refractivity contribution >= 4 is 17.6 Å². The summed E-state index contributed by atoms with van der Waals surface area (Å²) in [4.78, 5) is 13.5. The number of carboxylic acids is 1. The van der Waals surface area contributed by atoms with Crippen LogP contribution in [0.4, 0.5) is 13.2 Å². The molecule has 0 amide bonds. The monoisotopic (exact) mass is 397 g/mol. The lowest BCUT2D eigenvalue weighted by molar-refractivity contribution is -0.145. The van der Waals surface area contributed by atoms with Gasteiger partial charge in [-0.25, -0.2) is 0 Å². The van der Waals surface area contributed by atoms with Crippen LogP contribution in [0.15, 0.2) is 48.5 Å². The Hall–Kier alpha value is -2.05. The lowest BCUT2D eigenvalue weighted by atomic mass is 9.91. The molecule has 0 spiro atoms. The molecule has 27 heavy (non-hydrogen) atoms. The van der Waals surface area contributed by atoms with Crippen molar-refractivity contribution in [1.29, 1.82) is 0 Å². The number of carboxylic acid groups (broad SMARTS) is 1. The van der Waals surface area contributed by atoms with Gasteiger partial charge in [0.2, 0.25) is 0 Å². The first kappa shape index (κ1) is 19.7. The van der Waals surface area contributed by atoms with Crippen LogP contribution in [0.3, 0.4) is 0 Å². The molecule has 3 rings (SSSR count). The average molecular weight is 398 g/mol. The van der Waals surface area contributed by atoms with E-state index in [1.54, 1.807) is 35.2 Å². The third kappa shape index (κ3) is 4.45. The minimum Gasteiger partial charge on any atom is -0.480 e. The fraction of sp³-hybridized carbons (Fsp3) is 0.350. The van der Waals surface area contributed by atoms with Gasteiger partial charge in [0, 0.05) is 5.02 Å². The number of carbonyl (C=O) groups is 1. The molecule has 2 aromatic carbocycles. The van der Waals surface area contributed by atoms with Crippen LogP contribution in [0.25, 0.3) is 0 Å². The summed E-state index contributed by atoms with van der Waals surface area (Å²) in [5.41, 5.74) is 0.325. The third-order valence-corrected chi connectivity index (χ3v) is 5.09. The second-order valence-electron chi connectivity index (χ2n) is 6.67. The molecule has 2 aromatic rings. The molecular formula is C20H19ClF3NO2. The molecule has 7 heteroatoms. The van der Waals surface area contributed by atoms with Gasteiger partial charge in [-0.05, 0) is 54.8 Å². The van der Waals surface area contributed by atoms with E-state index < -0.39 is 29.8 Å². The van der Waals surface area contributed by atoms with Crippen molar-refractivity contribution in [2.24, 2.45) is 0 Å². The predicted octanol–water partition coefficient (Wildman–Crippen LogP) is 5.39. The molecule has 2 atom stereocenters. The minimum atomic E-state index is -4.47. The number of benzene rings is 2. The zero-order chi connectivity index (χ0) is 19.6. The number of halogens is 4. The van der Waals surface area contributed by atoms with Crippen molar-refractivity contribution in [1.82, 2.24) is 4.90 Å². The molecule has 0 saturated carbocycles. The fourth-order valence-corrected chi connectivity index (χ4v) is 3.86. The van der Waals surface area contributed by atoms with Gasteiger partial charge in [0.25, 0.3) is 0 Å². The summed E-state index contributed by atoms with van der Waals surface area (Å²) < 4.78 is 39.6. The van der Waals surface area contributed by atoms with E-state index in [1.165, 1.54) is 6.07 Å². The molecule has 1 fully saturated rings. The standard InChI is InChI=1S/C20H19ClF3NO2/c21-16-8-4-6-14(12-16)18(25-10-2-1-9-17(25)19(26)27)13-5-3-7-15(11-13)20(22,23)24/h3-8,11-12,17-18H,1-2,9-10H2,(H,26,27). The second-order valence-corrected chi connectivity index (χ2v) is 7.10. The Bertz CT molecular complexity index is 825. The number of rotatable bonds is 4. The predicted molar refractivity (Wildman–Crippen MR) is 96.7 cm³/mol. The summed E-state index contributed by atoms with van der Waals surface area (Å²) in [7, 11) is 0. The van der Waals surface area contributed by atoms with E-state index in [-0.39, 0.29) is 0 Å². The van der Waals surface area contributed by atoms with Gasteiger partial charge in [-0.1, -0.05) is 42.3 Å². The van der Waals surface area contributed by atoms with E-state index in [1.807, 2.05) is 0 Å². The number of hydrogen-bond donors (Lipinski definition) is 1. The summed E-state index contributed by atoms with van der Waals surface area (Å²) in [6.07, 6.45) is -2.44. The molecule has 0 bridgehead atoms. The van der Waals surface area contributed by atoms with Crippen LogP contribution in [0.2, 0.25) is 5.02 Å². The van der Waals surface area contributed by atoms with Crippen LogP contribution in [0.1, 0.15) is 42.0 Å². The van der Waals surface area contributed by atoms with Crippen molar-refractivity contribution in [2.45, 2.75) is 37.5 Å². The van der Waals surface area contributed by atoms with Crippen LogP contribution in [0.5, 0.6) is 0 Å². The van der Waals surface area contributed by atoms with Crippen LogP contribution in [0, 0.1) is 0 Å². The maximum absolute atomic E-state index is 13.2. The van der Waals surface area contributed by atoms with Gasteiger partial charge >= 0.3 is 12.1 Å². The molecule has 3 nitrogen and oxygen atoms in total. The molecule has 0 radical (unpaired) electrons. The number of likely N-dealkylation sites (tertiary alicyclic amines) is 1. The Labute approximate surface area is 160 Å². The number of hydrogen-bond acceptors (Lipinski definition) is 2. The van der Waals surface area contributed by atoms with Crippen LogP contribution < -0.4 is 0 Å². The van der Waals surface area contributed by atoms with E-state index in [9.17, 15) is 23.1 Å². The molecule has 1 N–H and O–H groups in total. The smallest absolute Gasteiger partial charge is 0.416 e. The summed E-state index contributed by atoms with van der Waals surface area (Å²) in [5.74, 6) is -0.964. The van der Waals surface area contributed by atoms with Gasteiger partial charge < -0.3 is 5.11 Å². The van der Waals surface area contributed by atoms with Crippen LogP contribution in [-0.2, 0) is 11.0 Å². The molecule has 2 unspecified atom stereocenters. The van der Waals surface area contributed by atoms with Gasteiger partial charge in [-0.15, -0.1) is 0 Å². The first-order valence-electron chi connectivity index (χ1n) is 8.68. The van der Waals surface area contributed by atoms with Gasteiger partial charge in [0.1, 0.15) is 6.04 Å². The Morgan fingerprint density at radius 3 is 2.41 bits per heavy atom. The molecule has 1 aliphatic heterocycles. The second kappa shape index (κ2) is 7.90. The van der Waals surface area contributed by atoms with Crippen LogP contribution >= 0.6 is 11.6 Å². The Morgan fingerprint density at radius 2 is 1.78 bits per heavy atom. The highest BCUT2D eigenvalue weighted by Gasteiger charge is 2.37. The fourth-order valence-electron chi connectivity index (χ4n) is 3.67. The first-order valence-corrected chi connectivity index (χ1v) is 9.06. The third-order valence-electron chi connectivity index (χ3n) is 4.86. The van der Waals surface area contributed by atoms with Gasteiger partial charge in [-0.2, -0.15) is 13.2 Å². The average Bonchev–Trinajstić information content (AvgIpc) is 2.62. The van der Waals surface area contributed by atoms with Crippen molar-refractivity contribution < 1.29 is 23.1 Å². The lowest BCUT2D eigenvalue weighted by Gasteiger charge is -2.39. The molecule has 0 aliphatic carbocycles. The molecule has 144 valence electrons. The quantitative estimate of drug-likeness (QED) is 0.752. The number of nitrogens with zero attached hydrogens (tertiary/aromatic N) is 1. The van der Waals surface area contributed by atoms with E-state index in [2.05, 4.69) is 0 Å². The maximum Gasteiger partial charge on any atom is 0.416 e. The van der Waals surface area contributed by atoms with Crippen molar-refractivity contribution in [2.75, 3.05) is 6.54 Å². The van der Waals surface area contributed by atoms with Gasteiger partial charge in [0.05, 0.1) is 11.6 Å². The van der Waals surface area contributed by atoms with Gasteiger partial charge in [-0.3, -0.25) is 9.69 Å². The lowest BCUT2D eigenvalue weighted by Crippen LogP contribution is -2.46. The highest BCUT2D eigenvalue weighted by molar-refractivity contribution is 6.30. The molecule has 1 saturated heterocycles. The minimum absolute atomic E-state index is 0.403. The highest BCUT2D eigenvalue weighted by Crippen LogP contribution is 2.37. The summed E-state index contributed by atoms with van der Waals surface area (Å²) >= 11 is 6.10. The van der Waals surface area contributed by atoms with E-state index in [4.69, 9.17) is 11.6 Å². The molecule has 0 aromatic heterocycles. The Morgan fingerprint density at radius 1 is 1.11 bits per heavy atom. The van der Waals surface area contributed by atoms with Crippen molar-refractivity contribution in [3.8, 4) is 0 Å². The topological polar surface area (TPSA) is 40.5 Å². The summed E-state index contributed by atoms with van der Waals surface area (Å²) in [5, 5.41) is 10.1. The van der Waals surface area contributed by atoms with E-state index in [0.29, 0.717) is 29.1 Å². The van der Waals surface area contributed by atoms with Gasteiger partial charge in [0.15, 0.2) is 0 Å². The van der Waals surface area contributed by atoms with Crippen LogP contribution in [-0.4, -0.2) is 28.6 Å². The van der Waals surface area contributed by atoms with Crippen molar-refractivity contribution in [3.63, 3.8) is 0 Å². The summed E-state index contributed by atoms with van der Waals surface area (Å²) in [6.45, 7) is 0.490.